The van der Waals surface area contributed by atoms with Crippen molar-refractivity contribution in [2.75, 3.05) is 12.8 Å². The summed E-state index contributed by atoms with van der Waals surface area (Å²) in [6.07, 6.45) is -0.103. The first-order valence-electron chi connectivity index (χ1n) is 6.69. The fourth-order valence-electron chi connectivity index (χ4n) is 2.49. The third kappa shape index (κ3) is 3.03. The van der Waals surface area contributed by atoms with Crippen LogP contribution < -0.4 is 10.1 Å². The molecular weight excluding hydrogens is 309 g/mol. The van der Waals surface area contributed by atoms with Crippen molar-refractivity contribution in [3.63, 3.8) is 0 Å². The van der Waals surface area contributed by atoms with E-state index in [1.54, 1.807) is 17.8 Å². The van der Waals surface area contributed by atoms with E-state index >= 15 is 0 Å². The third-order valence-electron chi connectivity index (χ3n) is 3.51. The van der Waals surface area contributed by atoms with Crippen molar-refractivity contribution in [3.8, 4) is 5.75 Å². The molecule has 0 spiro atoms. The third-order valence-corrected chi connectivity index (χ3v) is 4.99. The maximum Gasteiger partial charge on any atom is 0.133 e. The molecule has 110 valence electrons. The highest BCUT2D eigenvalue weighted by Crippen LogP contribution is 2.39. The zero-order valence-electron chi connectivity index (χ0n) is 11.5. The lowest BCUT2D eigenvalue weighted by Crippen LogP contribution is -2.37. The Hall–Kier alpha value is -1.23. The smallest absolute Gasteiger partial charge is 0.133 e. The molecule has 0 amide bonds. The molecule has 0 saturated carbocycles. The van der Waals surface area contributed by atoms with Crippen LogP contribution >= 0.6 is 23.4 Å². The van der Waals surface area contributed by atoms with Crippen LogP contribution in [0.4, 0.5) is 4.39 Å². The molecule has 0 radical (unpaired) electrons. The van der Waals surface area contributed by atoms with Gasteiger partial charge in [-0.05, 0) is 42.9 Å². The van der Waals surface area contributed by atoms with E-state index in [1.807, 2.05) is 31.3 Å². The highest BCUT2D eigenvalue weighted by atomic mass is 35.5. The van der Waals surface area contributed by atoms with Crippen LogP contribution in [-0.4, -0.2) is 18.9 Å². The van der Waals surface area contributed by atoms with E-state index in [4.69, 9.17) is 16.3 Å². The molecule has 2 atom stereocenters. The fraction of sp³-hybridized carbons (Fsp3) is 0.250. The number of nitrogens with one attached hydrogen (secondary N) is 1. The summed E-state index contributed by atoms with van der Waals surface area (Å²) in [5.41, 5.74) is 0.726. The lowest BCUT2D eigenvalue weighted by Gasteiger charge is -2.32. The van der Waals surface area contributed by atoms with Crippen LogP contribution in [0, 0.1) is 5.82 Å². The minimum atomic E-state index is -0.293. The lowest BCUT2D eigenvalue weighted by molar-refractivity contribution is 0.171. The molecule has 2 aromatic carbocycles. The van der Waals surface area contributed by atoms with Gasteiger partial charge in [0.05, 0.1) is 6.04 Å². The predicted octanol–water partition coefficient (Wildman–Crippen LogP) is 4.29. The summed E-state index contributed by atoms with van der Waals surface area (Å²) in [5.74, 6) is 1.36. The Morgan fingerprint density at radius 3 is 2.95 bits per heavy atom. The molecule has 1 heterocycles. The molecule has 0 bridgehead atoms. The van der Waals surface area contributed by atoms with Crippen molar-refractivity contribution in [1.82, 2.24) is 5.32 Å². The van der Waals surface area contributed by atoms with Crippen molar-refractivity contribution >= 4 is 23.4 Å². The molecule has 0 aromatic heterocycles. The van der Waals surface area contributed by atoms with Gasteiger partial charge in [-0.15, -0.1) is 11.8 Å². The standard InChI is InChI=1S/C16H15ClFNOS/c1-19-16(11-8-10(18)6-7-12(11)17)14-9-21-15-5-3-2-4-13(15)20-14/h2-8,14,16,19H,9H2,1H3. The molecule has 1 aliphatic rings. The number of benzene rings is 2. The Bertz CT molecular complexity index is 652. The number of likely N-dealkylation sites (N-methyl/N-ethyl adjacent to an activating group) is 1. The first-order valence-corrected chi connectivity index (χ1v) is 8.06. The molecule has 1 aliphatic heterocycles. The van der Waals surface area contributed by atoms with Gasteiger partial charge in [0.1, 0.15) is 17.7 Å². The zero-order valence-corrected chi connectivity index (χ0v) is 13.0. The highest BCUT2D eigenvalue weighted by Gasteiger charge is 2.29. The Balaban J connectivity index is 1.90. The molecule has 2 nitrogen and oxygen atoms in total. The molecular formula is C16H15ClFNOS. The quantitative estimate of drug-likeness (QED) is 0.910. The molecule has 2 unspecified atom stereocenters. The molecule has 2 aromatic rings. The Kier molecular flexibility index (Phi) is 4.38. The van der Waals surface area contributed by atoms with E-state index in [2.05, 4.69) is 5.32 Å². The normalized spacial score (nSPS) is 18.7. The number of ether oxygens (including phenoxy) is 1. The summed E-state index contributed by atoms with van der Waals surface area (Å²) in [6.45, 7) is 0. The minimum Gasteiger partial charge on any atom is -0.486 e. The molecule has 3 rings (SSSR count). The largest absolute Gasteiger partial charge is 0.486 e. The SMILES string of the molecule is CNC(c1cc(F)ccc1Cl)C1CSc2ccccc2O1. The second-order valence-electron chi connectivity index (χ2n) is 4.85. The maximum absolute atomic E-state index is 13.5. The summed E-state index contributed by atoms with van der Waals surface area (Å²) >= 11 is 7.96. The summed E-state index contributed by atoms with van der Waals surface area (Å²) in [5, 5.41) is 3.74. The summed E-state index contributed by atoms with van der Waals surface area (Å²) in [6, 6.07) is 12.2. The number of halogens is 2. The predicted molar refractivity (Wildman–Crippen MR) is 84.8 cm³/mol. The topological polar surface area (TPSA) is 21.3 Å². The van der Waals surface area contributed by atoms with Crippen molar-refractivity contribution in [3.05, 3.63) is 58.9 Å². The van der Waals surface area contributed by atoms with Gasteiger partial charge in [-0.1, -0.05) is 23.7 Å². The summed E-state index contributed by atoms with van der Waals surface area (Å²) in [4.78, 5) is 1.13. The highest BCUT2D eigenvalue weighted by molar-refractivity contribution is 7.99. The second kappa shape index (κ2) is 6.26. The van der Waals surface area contributed by atoms with Gasteiger partial charge in [-0.25, -0.2) is 4.39 Å². The van der Waals surface area contributed by atoms with Crippen LogP contribution in [0.1, 0.15) is 11.6 Å². The van der Waals surface area contributed by atoms with E-state index in [1.165, 1.54) is 12.1 Å². The Morgan fingerprint density at radius 2 is 2.14 bits per heavy atom. The van der Waals surface area contributed by atoms with E-state index in [-0.39, 0.29) is 18.0 Å². The summed E-state index contributed by atoms with van der Waals surface area (Å²) < 4.78 is 19.6. The van der Waals surface area contributed by atoms with Gasteiger partial charge in [0.15, 0.2) is 0 Å². The Labute approximate surface area is 132 Å². The molecule has 21 heavy (non-hydrogen) atoms. The van der Waals surface area contributed by atoms with Gasteiger partial charge >= 0.3 is 0 Å². The average Bonchev–Trinajstić information content (AvgIpc) is 2.51. The summed E-state index contributed by atoms with van der Waals surface area (Å²) in [7, 11) is 1.83. The van der Waals surface area contributed by atoms with Crippen LogP contribution in [0.25, 0.3) is 0 Å². The van der Waals surface area contributed by atoms with Crippen molar-refractivity contribution in [2.24, 2.45) is 0 Å². The van der Waals surface area contributed by atoms with Crippen molar-refractivity contribution in [2.45, 2.75) is 17.0 Å². The van der Waals surface area contributed by atoms with Crippen molar-refractivity contribution in [1.29, 1.82) is 0 Å². The zero-order chi connectivity index (χ0) is 14.8. The van der Waals surface area contributed by atoms with Gasteiger partial charge in [0, 0.05) is 15.7 Å². The van der Waals surface area contributed by atoms with Gasteiger partial charge < -0.3 is 10.1 Å². The Morgan fingerprint density at radius 1 is 1.33 bits per heavy atom. The van der Waals surface area contributed by atoms with Gasteiger partial charge in [-0.3, -0.25) is 0 Å². The second-order valence-corrected chi connectivity index (χ2v) is 6.32. The molecule has 5 heteroatoms. The van der Waals surface area contributed by atoms with Gasteiger partial charge in [-0.2, -0.15) is 0 Å². The number of hydrogen-bond acceptors (Lipinski definition) is 3. The number of para-hydroxylation sites is 1. The number of hydrogen-bond donors (Lipinski definition) is 1. The molecule has 1 N–H and O–H groups in total. The van der Waals surface area contributed by atoms with Crippen LogP contribution in [0.15, 0.2) is 47.4 Å². The molecule has 0 saturated heterocycles. The number of rotatable bonds is 3. The first kappa shape index (κ1) is 14.7. The van der Waals surface area contributed by atoms with E-state index in [0.29, 0.717) is 5.02 Å². The van der Waals surface area contributed by atoms with Crippen LogP contribution in [0.3, 0.4) is 0 Å². The van der Waals surface area contributed by atoms with Gasteiger partial charge in [0.2, 0.25) is 0 Å². The average molecular weight is 324 g/mol. The molecule has 0 fully saturated rings. The van der Waals surface area contributed by atoms with E-state index in [9.17, 15) is 4.39 Å². The van der Waals surface area contributed by atoms with Crippen LogP contribution in [0.2, 0.25) is 5.02 Å². The number of fused-ring (bicyclic) bond motifs is 1. The monoisotopic (exact) mass is 323 g/mol. The molecule has 0 aliphatic carbocycles. The lowest BCUT2D eigenvalue weighted by atomic mass is 10.0. The van der Waals surface area contributed by atoms with Crippen molar-refractivity contribution < 1.29 is 9.13 Å². The van der Waals surface area contributed by atoms with E-state index < -0.39 is 0 Å². The fourth-order valence-corrected chi connectivity index (χ4v) is 3.77. The van der Waals surface area contributed by atoms with Crippen LogP contribution in [0.5, 0.6) is 5.75 Å². The maximum atomic E-state index is 13.5. The van der Waals surface area contributed by atoms with E-state index in [0.717, 1.165) is 22.0 Å². The first-order chi connectivity index (χ1) is 10.2. The number of thioether (sulfide) groups is 1. The minimum absolute atomic E-state index is 0.103. The van der Waals surface area contributed by atoms with Gasteiger partial charge in [0.25, 0.3) is 0 Å². The van der Waals surface area contributed by atoms with Crippen LogP contribution in [-0.2, 0) is 0 Å².